The zero-order valence-electron chi connectivity index (χ0n) is 8.98. The summed E-state index contributed by atoms with van der Waals surface area (Å²) < 4.78 is 0. The van der Waals surface area contributed by atoms with Crippen LogP contribution in [0, 0.1) is 10.1 Å². The lowest BCUT2D eigenvalue weighted by molar-refractivity contribution is -0.384. The summed E-state index contributed by atoms with van der Waals surface area (Å²) in [6.45, 7) is 2.88. The van der Waals surface area contributed by atoms with E-state index in [1.54, 1.807) is 12.1 Å². The zero-order valence-corrected chi connectivity index (χ0v) is 8.98. The second-order valence-corrected chi connectivity index (χ2v) is 3.91. The number of non-ortho nitro benzene ring substituents is 1. The lowest BCUT2D eigenvalue weighted by Crippen LogP contribution is -2.27. The average Bonchev–Trinajstić information content (AvgIpc) is 2.57. The van der Waals surface area contributed by atoms with Crippen LogP contribution in [0.2, 0.25) is 0 Å². The Morgan fingerprint density at radius 1 is 1.25 bits per heavy atom. The number of hydrogen-bond donors (Lipinski definition) is 2. The Labute approximate surface area is 94.0 Å². The van der Waals surface area contributed by atoms with Gasteiger partial charge in [0, 0.05) is 24.7 Å². The third-order valence-corrected chi connectivity index (χ3v) is 2.78. The maximum Gasteiger partial charge on any atom is 0.269 e. The van der Waals surface area contributed by atoms with Crippen LogP contribution < -0.4 is 10.6 Å². The third kappa shape index (κ3) is 2.56. The largest absolute Gasteiger partial charge is 0.315 e. The highest BCUT2D eigenvalue weighted by atomic mass is 16.6. The second kappa shape index (κ2) is 5.05. The summed E-state index contributed by atoms with van der Waals surface area (Å²) in [6, 6.07) is 7.01. The average molecular weight is 221 g/mol. The molecule has 1 atom stereocenters. The molecule has 1 fully saturated rings. The van der Waals surface area contributed by atoms with E-state index in [1.807, 2.05) is 12.1 Å². The fourth-order valence-corrected chi connectivity index (χ4v) is 1.87. The Morgan fingerprint density at radius 3 is 2.69 bits per heavy atom. The highest BCUT2D eigenvalue weighted by molar-refractivity contribution is 5.34. The molecule has 1 aromatic carbocycles. The number of rotatable bonds is 2. The van der Waals surface area contributed by atoms with Crippen molar-refractivity contribution < 1.29 is 4.92 Å². The molecule has 5 nitrogen and oxygen atoms in total. The third-order valence-electron chi connectivity index (χ3n) is 2.78. The van der Waals surface area contributed by atoms with Gasteiger partial charge in [0.25, 0.3) is 5.69 Å². The summed E-state index contributed by atoms with van der Waals surface area (Å²) >= 11 is 0. The van der Waals surface area contributed by atoms with Gasteiger partial charge in [-0.2, -0.15) is 0 Å². The van der Waals surface area contributed by atoms with E-state index in [9.17, 15) is 10.1 Å². The van der Waals surface area contributed by atoms with E-state index >= 15 is 0 Å². The first-order valence-corrected chi connectivity index (χ1v) is 5.46. The molecule has 0 radical (unpaired) electrons. The van der Waals surface area contributed by atoms with Crippen LogP contribution in [0.1, 0.15) is 18.0 Å². The first-order valence-electron chi connectivity index (χ1n) is 5.46. The molecule has 86 valence electrons. The highest BCUT2D eigenvalue weighted by Crippen LogP contribution is 2.18. The molecule has 1 aromatic rings. The minimum absolute atomic E-state index is 0.144. The summed E-state index contributed by atoms with van der Waals surface area (Å²) in [6.07, 6.45) is 1.11. The molecule has 0 amide bonds. The molecule has 2 rings (SSSR count). The van der Waals surface area contributed by atoms with Crippen LogP contribution >= 0.6 is 0 Å². The van der Waals surface area contributed by atoms with Crippen molar-refractivity contribution in [1.82, 2.24) is 10.6 Å². The lowest BCUT2D eigenvalue weighted by atomic mass is 10.1. The predicted molar refractivity (Wildman–Crippen MR) is 61.3 cm³/mol. The first-order chi connectivity index (χ1) is 7.77. The molecular formula is C11H15N3O2. The van der Waals surface area contributed by atoms with E-state index in [0.29, 0.717) is 0 Å². The number of nitrogens with zero attached hydrogens (tertiary/aromatic N) is 1. The van der Waals surface area contributed by atoms with Crippen LogP contribution in [0.4, 0.5) is 5.69 Å². The monoisotopic (exact) mass is 221 g/mol. The van der Waals surface area contributed by atoms with Gasteiger partial charge in [-0.15, -0.1) is 0 Å². The van der Waals surface area contributed by atoms with Gasteiger partial charge in [-0.1, -0.05) is 12.1 Å². The van der Waals surface area contributed by atoms with Crippen LogP contribution in [-0.2, 0) is 0 Å². The fourth-order valence-electron chi connectivity index (χ4n) is 1.87. The van der Waals surface area contributed by atoms with Crippen molar-refractivity contribution in [3.05, 3.63) is 39.9 Å². The molecule has 0 bridgehead atoms. The molecular weight excluding hydrogens is 206 g/mol. The van der Waals surface area contributed by atoms with Crippen molar-refractivity contribution in [2.75, 3.05) is 19.6 Å². The molecule has 1 saturated heterocycles. The summed E-state index contributed by atoms with van der Waals surface area (Å²) in [4.78, 5) is 10.1. The van der Waals surface area contributed by atoms with Crippen molar-refractivity contribution in [3.8, 4) is 0 Å². The van der Waals surface area contributed by atoms with Crippen LogP contribution in [-0.4, -0.2) is 24.6 Å². The molecule has 0 aliphatic carbocycles. The van der Waals surface area contributed by atoms with E-state index in [2.05, 4.69) is 10.6 Å². The molecule has 5 heteroatoms. The van der Waals surface area contributed by atoms with Gasteiger partial charge in [0.2, 0.25) is 0 Å². The second-order valence-electron chi connectivity index (χ2n) is 3.91. The normalized spacial score (nSPS) is 21.4. The van der Waals surface area contributed by atoms with Gasteiger partial charge in [0.15, 0.2) is 0 Å². The topological polar surface area (TPSA) is 67.2 Å². The molecule has 1 aliphatic heterocycles. The zero-order chi connectivity index (χ0) is 11.4. The summed E-state index contributed by atoms with van der Waals surface area (Å²) in [7, 11) is 0. The number of nitro benzene ring substituents is 1. The van der Waals surface area contributed by atoms with Gasteiger partial charge >= 0.3 is 0 Å². The van der Waals surface area contributed by atoms with E-state index in [0.717, 1.165) is 31.6 Å². The van der Waals surface area contributed by atoms with Crippen molar-refractivity contribution in [2.24, 2.45) is 0 Å². The Hall–Kier alpha value is -1.46. The maximum absolute atomic E-state index is 10.5. The molecule has 1 heterocycles. The van der Waals surface area contributed by atoms with Crippen molar-refractivity contribution in [1.29, 1.82) is 0 Å². The minimum atomic E-state index is -0.372. The van der Waals surface area contributed by atoms with Crippen molar-refractivity contribution in [2.45, 2.75) is 12.5 Å². The molecule has 2 N–H and O–H groups in total. The van der Waals surface area contributed by atoms with Gasteiger partial charge in [0.1, 0.15) is 0 Å². The van der Waals surface area contributed by atoms with Crippen LogP contribution in [0.5, 0.6) is 0 Å². The van der Waals surface area contributed by atoms with Crippen LogP contribution in [0.25, 0.3) is 0 Å². The van der Waals surface area contributed by atoms with Gasteiger partial charge in [-0.3, -0.25) is 10.1 Å². The Kier molecular flexibility index (Phi) is 3.48. The quantitative estimate of drug-likeness (QED) is 0.582. The fraction of sp³-hybridized carbons (Fsp3) is 0.455. The Bertz CT molecular complexity index is 356. The summed E-state index contributed by atoms with van der Waals surface area (Å²) in [5.74, 6) is 0. The number of nitrogens with one attached hydrogen (secondary N) is 2. The lowest BCUT2D eigenvalue weighted by Gasteiger charge is -2.15. The molecule has 0 spiro atoms. The van der Waals surface area contributed by atoms with Gasteiger partial charge in [0.05, 0.1) is 4.92 Å². The minimum Gasteiger partial charge on any atom is -0.315 e. The Morgan fingerprint density at radius 2 is 2.00 bits per heavy atom. The Balaban J connectivity index is 2.10. The maximum atomic E-state index is 10.5. The number of benzene rings is 1. The SMILES string of the molecule is O=[N+]([O-])c1ccc([C@H]2CNCCCN2)cc1. The molecule has 0 unspecified atom stereocenters. The smallest absolute Gasteiger partial charge is 0.269 e. The van der Waals surface area contributed by atoms with Crippen molar-refractivity contribution in [3.63, 3.8) is 0 Å². The molecule has 16 heavy (non-hydrogen) atoms. The standard InChI is InChI=1S/C11H15N3O2/c15-14(16)10-4-2-9(3-5-10)11-8-12-6-1-7-13-11/h2-5,11-13H,1,6-8H2/t11-/m1/s1. The van der Waals surface area contributed by atoms with Gasteiger partial charge in [-0.05, 0) is 25.1 Å². The summed E-state index contributed by atoms with van der Waals surface area (Å²) in [5, 5.41) is 17.3. The number of nitro groups is 1. The number of hydrogen-bond acceptors (Lipinski definition) is 4. The highest BCUT2D eigenvalue weighted by Gasteiger charge is 2.14. The van der Waals surface area contributed by atoms with E-state index in [-0.39, 0.29) is 16.7 Å². The van der Waals surface area contributed by atoms with Crippen LogP contribution in [0.3, 0.4) is 0 Å². The predicted octanol–water partition coefficient (Wildman–Crippen LogP) is 1.22. The van der Waals surface area contributed by atoms with Gasteiger partial charge < -0.3 is 10.6 Å². The molecule has 0 aromatic heterocycles. The molecule has 0 saturated carbocycles. The van der Waals surface area contributed by atoms with E-state index < -0.39 is 0 Å². The summed E-state index contributed by atoms with van der Waals surface area (Å²) in [5.41, 5.74) is 1.24. The van der Waals surface area contributed by atoms with Crippen molar-refractivity contribution >= 4 is 5.69 Å². The van der Waals surface area contributed by atoms with E-state index in [4.69, 9.17) is 0 Å². The first kappa shape index (κ1) is 11.0. The molecule has 1 aliphatic rings. The van der Waals surface area contributed by atoms with Gasteiger partial charge in [-0.25, -0.2) is 0 Å². The van der Waals surface area contributed by atoms with E-state index in [1.165, 1.54) is 0 Å². The van der Waals surface area contributed by atoms with Crippen LogP contribution in [0.15, 0.2) is 24.3 Å².